The molecule has 19 heavy (non-hydrogen) atoms. The summed E-state index contributed by atoms with van der Waals surface area (Å²) >= 11 is 11.8. The quantitative estimate of drug-likeness (QED) is 0.586. The Morgan fingerprint density at radius 1 is 1.05 bits per heavy atom. The predicted octanol–water partition coefficient (Wildman–Crippen LogP) is 3.65. The molecule has 0 spiro atoms. The topological polar surface area (TPSA) is 20.3 Å². The van der Waals surface area contributed by atoms with Crippen molar-refractivity contribution in [3.05, 3.63) is 0 Å². The molecule has 5 atom stereocenters. The molecule has 2 nitrogen and oxygen atoms in total. The van der Waals surface area contributed by atoms with Gasteiger partial charge in [0.25, 0.3) is 0 Å². The molecule has 2 aliphatic carbocycles. The highest BCUT2D eigenvalue weighted by molar-refractivity contribution is 6.63. The first-order valence-corrected chi connectivity index (χ1v) is 8.64. The molecule has 0 bridgehead atoms. The molecule has 0 amide bonds. The zero-order valence-corrected chi connectivity index (χ0v) is 12.9. The number of carbonyl (C=O) groups is 1. The molecule has 0 aromatic heterocycles. The lowest BCUT2D eigenvalue weighted by molar-refractivity contribution is -0.116. The smallest absolute Gasteiger partial charge is 0.224 e. The number of nitrogens with zero attached hydrogens (tertiary/aromatic N) is 1. The Labute approximate surface area is 125 Å². The lowest BCUT2D eigenvalue weighted by Crippen LogP contribution is -2.41. The Morgan fingerprint density at radius 2 is 1.79 bits per heavy atom. The number of alkyl halides is 1. The van der Waals surface area contributed by atoms with Crippen molar-refractivity contribution in [3.63, 3.8) is 0 Å². The van der Waals surface area contributed by atoms with E-state index in [9.17, 15) is 4.79 Å². The van der Waals surface area contributed by atoms with E-state index in [1.807, 2.05) is 0 Å². The van der Waals surface area contributed by atoms with Crippen LogP contribution in [0.4, 0.5) is 0 Å². The standard InChI is InChI=1S/C15H23Cl2NO/c16-7-8-18-13-4-2-1-3-11(13)12-9-10(15(17)19)5-6-14(12)18/h10-14H,1-9H2. The second kappa shape index (κ2) is 5.91. The summed E-state index contributed by atoms with van der Waals surface area (Å²) in [6.07, 6.45) is 8.52. The van der Waals surface area contributed by atoms with E-state index in [0.717, 1.165) is 43.6 Å². The van der Waals surface area contributed by atoms with Crippen LogP contribution in [0.15, 0.2) is 0 Å². The molecule has 1 aliphatic heterocycles. The van der Waals surface area contributed by atoms with Crippen LogP contribution in [-0.4, -0.2) is 34.7 Å². The largest absolute Gasteiger partial charge is 0.296 e. The minimum absolute atomic E-state index is 0.110. The number of halogens is 2. The van der Waals surface area contributed by atoms with Crippen molar-refractivity contribution in [1.29, 1.82) is 0 Å². The van der Waals surface area contributed by atoms with Gasteiger partial charge in [-0.2, -0.15) is 0 Å². The first-order valence-electron chi connectivity index (χ1n) is 7.73. The van der Waals surface area contributed by atoms with Crippen LogP contribution in [0.2, 0.25) is 0 Å². The molecule has 3 rings (SSSR count). The lowest BCUT2D eigenvalue weighted by atomic mass is 9.70. The number of fused-ring (bicyclic) bond motifs is 3. The van der Waals surface area contributed by atoms with E-state index in [1.165, 1.54) is 25.7 Å². The third-order valence-corrected chi connectivity index (χ3v) is 6.19. The van der Waals surface area contributed by atoms with Crippen LogP contribution in [0.25, 0.3) is 0 Å². The highest BCUT2D eigenvalue weighted by Crippen LogP contribution is 2.50. The highest BCUT2D eigenvalue weighted by atomic mass is 35.5. The van der Waals surface area contributed by atoms with Crippen LogP contribution in [0, 0.1) is 17.8 Å². The van der Waals surface area contributed by atoms with E-state index in [4.69, 9.17) is 23.2 Å². The van der Waals surface area contributed by atoms with E-state index < -0.39 is 0 Å². The fourth-order valence-electron chi connectivity index (χ4n) is 4.99. The number of rotatable bonds is 3. The summed E-state index contributed by atoms with van der Waals surface area (Å²) in [6, 6.07) is 1.39. The number of carbonyl (C=O) groups excluding carboxylic acids is 1. The van der Waals surface area contributed by atoms with Gasteiger partial charge in [0.15, 0.2) is 0 Å². The Kier molecular flexibility index (Phi) is 4.40. The van der Waals surface area contributed by atoms with Crippen LogP contribution >= 0.6 is 23.2 Å². The molecular formula is C15H23Cl2NO. The van der Waals surface area contributed by atoms with Gasteiger partial charge in [-0.05, 0) is 55.5 Å². The van der Waals surface area contributed by atoms with Crippen molar-refractivity contribution in [2.45, 2.75) is 57.0 Å². The molecule has 4 heteroatoms. The van der Waals surface area contributed by atoms with Crippen molar-refractivity contribution >= 4 is 28.4 Å². The second-order valence-electron chi connectivity index (χ2n) is 6.49. The van der Waals surface area contributed by atoms with E-state index >= 15 is 0 Å². The summed E-state index contributed by atoms with van der Waals surface area (Å²) in [4.78, 5) is 14.2. The first-order chi connectivity index (χ1) is 9.22. The number of hydrogen-bond acceptors (Lipinski definition) is 2. The van der Waals surface area contributed by atoms with Crippen molar-refractivity contribution in [2.24, 2.45) is 17.8 Å². The zero-order chi connectivity index (χ0) is 13.4. The fourth-order valence-corrected chi connectivity index (χ4v) is 5.39. The minimum Gasteiger partial charge on any atom is -0.296 e. The van der Waals surface area contributed by atoms with Crippen LogP contribution in [0.3, 0.4) is 0 Å². The Morgan fingerprint density at radius 3 is 2.53 bits per heavy atom. The molecule has 108 valence electrons. The molecular weight excluding hydrogens is 281 g/mol. The summed E-state index contributed by atoms with van der Waals surface area (Å²) in [5, 5.41) is -0.110. The molecule has 0 radical (unpaired) electrons. The molecule has 0 N–H and O–H groups in total. The van der Waals surface area contributed by atoms with Gasteiger partial charge in [-0.25, -0.2) is 0 Å². The van der Waals surface area contributed by atoms with Gasteiger partial charge in [-0.1, -0.05) is 12.8 Å². The van der Waals surface area contributed by atoms with Crippen molar-refractivity contribution in [3.8, 4) is 0 Å². The average molecular weight is 304 g/mol. The summed E-state index contributed by atoms with van der Waals surface area (Å²) in [7, 11) is 0. The van der Waals surface area contributed by atoms with Crippen LogP contribution in [-0.2, 0) is 4.79 Å². The molecule has 1 saturated heterocycles. The Bertz CT molecular complexity index is 349. The maximum atomic E-state index is 11.5. The highest BCUT2D eigenvalue weighted by Gasteiger charge is 2.51. The molecule has 0 aromatic rings. The van der Waals surface area contributed by atoms with E-state index in [1.54, 1.807) is 0 Å². The molecule has 5 unspecified atom stereocenters. The van der Waals surface area contributed by atoms with Crippen LogP contribution < -0.4 is 0 Å². The molecule has 1 heterocycles. The summed E-state index contributed by atoms with van der Waals surface area (Å²) < 4.78 is 0. The maximum Gasteiger partial charge on any atom is 0.224 e. The third-order valence-electron chi connectivity index (χ3n) is 5.71. The zero-order valence-electron chi connectivity index (χ0n) is 11.4. The fraction of sp³-hybridized carbons (Fsp3) is 0.933. The summed E-state index contributed by atoms with van der Waals surface area (Å²) in [5.74, 6) is 2.32. The Balaban J connectivity index is 1.79. The van der Waals surface area contributed by atoms with Crippen molar-refractivity contribution in [2.75, 3.05) is 12.4 Å². The predicted molar refractivity (Wildman–Crippen MR) is 78.7 cm³/mol. The van der Waals surface area contributed by atoms with Gasteiger partial charge in [-0.15, -0.1) is 11.6 Å². The normalized spacial score (nSPS) is 42.7. The molecule has 0 aromatic carbocycles. The van der Waals surface area contributed by atoms with E-state index in [0.29, 0.717) is 12.0 Å². The van der Waals surface area contributed by atoms with E-state index in [-0.39, 0.29) is 11.2 Å². The van der Waals surface area contributed by atoms with Gasteiger partial charge < -0.3 is 0 Å². The maximum absolute atomic E-state index is 11.5. The van der Waals surface area contributed by atoms with Crippen molar-refractivity contribution < 1.29 is 4.79 Å². The average Bonchev–Trinajstić information content (AvgIpc) is 2.74. The first kappa shape index (κ1) is 14.2. The van der Waals surface area contributed by atoms with Gasteiger partial charge in [0, 0.05) is 30.4 Å². The molecule has 2 saturated carbocycles. The molecule has 3 aliphatic rings. The second-order valence-corrected chi connectivity index (χ2v) is 7.24. The monoisotopic (exact) mass is 303 g/mol. The van der Waals surface area contributed by atoms with Gasteiger partial charge in [-0.3, -0.25) is 9.69 Å². The minimum atomic E-state index is -0.110. The third kappa shape index (κ3) is 2.56. The van der Waals surface area contributed by atoms with Crippen molar-refractivity contribution in [1.82, 2.24) is 4.90 Å². The van der Waals surface area contributed by atoms with E-state index in [2.05, 4.69) is 4.90 Å². The van der Waals surface area contributed by atoms with Crippen LogP contribution in [0.1, 0.15) is 44.9 Å². The molecule has 3 fully saturated rings. The summed E-state index contributed by atoms with van der Waals surface area (Å²) in [5.41, 5.74) is 0. The number of hydrogen-bond donors (Lipinski definition) is 0. The van der Waals surface area contributed by atoms with Gasteiger partial charge in [0.1, 0.15) is 0 Å². The lowest BCUT2D eigenvalue weighted by Gasteiger charge is -2.35. The van der Waals surface area contributed by atoms with Crippen LogP contribution in [0.5, 0.6) is 0 Å². The van der Waals surface area contributed by atoms with Gasteiger partial charge >= 0.3 is 0 Å². The Hall–Kier alpha value is 0.210. The SMILES string of the molecule is O=C(Cl)C1CCC2C(C1)C1CCCCC1N2CCCl. The van der Waals surface area contributed by atoms with Gasteiger partial charge in [0.05, 0.1) is 0 Å². The summed E-state index contributed by atoms with van der Waals surface area (Å²) in [6.45, 7) is 1.02. The number of likely N-dealkylation sites (tertiary alicyclic amines) is 1. The van der Waals surface area contributed by atoms with Gasteiger partial charge in [0.2, 0.25) is 5.24 Å².